The largest absolute Gasteiger partial charge is 0.469 e. The Kier molecular flexibility index (Phi) is 1.95. The highest BCUT2D eigenvalue weighted by Crippen LogP contribution is 2.16. The van der Waals surface area contributed by atoms with Crippen LogP contribution in [0.15, 0.2) is 12.0 Å². The molecule has 3 heteroatoms. The summed E-state index contributed by atoms with van der Waals surface area (Å²) in [6, 6.07) is 0. The first-order valence-corrected chi connectivity index (χ1v) is 2.80. The van der Waals surface area contributed by atoms with Gasteiger partial charge in [-0.1, -0.05) is 0 Å². The molecule has 9 heavy (non-hydrogen) atoms. The van der Waals surface area contributed by atoms with Gasteiger partial charge in [0, 0.05) is 19.6 Å². The van der Waals surface area contributed by atoms with E-state index in [-0.39, 0.29) is 6.29 Å². The van der Waals surface area contributed by atoms with Crippen molar-refractivity contribution in [2.45, 2.75) is 12.7 Å². The van der Waals surface area contributed by atoms with Gasteiger partial charge in [-0.25, -0.2) is 0 Å². The van der Waals surface area contributed by atoms with Gasteiger partial charge in [-0.2, -0.15) is 0 Å². The maximum absolute atomic E-state index is 5.08. The van der Waals surface area contributed by atoms with Crippen molar-refractivity contribution in [2.75, 3.05) is 14.2 Å². The van der Waals surface area contributed by atoms with E-state index < -0.39 is 0 Å². The Hall–Kier alpha value is -0.700. The number of hydrogen-bond donors (Lipinski definition) is 0. The lowest BCUT2D eigenvalue weighted by Crippen LogP contribution is -2.08. The van der Waals surface area contributed by atoms with Crippen LogP contribution in [0.5, 0.6) is 0 Å². The van der Waals surface area contributed by atoms with Crippen molar-refractivity contribution < 1.29 is 14.2 Å². The summed E-state index contributed by atoms with van der Waals surface area (Å²) in [5, 5.41) is 0. The van der Waals surface area contributed by atoms with Crippen LogP contribution >= 0.6 is 0 Å². The summed E-state index contributed by atoms with van der Waals surface area (Å²) in [6.07, 6.45) is 2.49. The first-order valence-electron chi connectivity index (χ1n) is 2.80. The number of rotatable bonds is 2. The van der Waals surface area contributed by atoms with Crippen molar-refractivity contribution in [3.8, 4) is 0 Å². The van der Waals surface area contributed by atoms with Gasteiger partial charge in [0.25, 0.3) is 5.95 Å². The molecule has 1 heterocycles. The van der Waals surface area contributed by atoms with Gasteiger partial charge in [-0.05, 0) is 0 Å². The van der Waals surface area contributed by atoms with E-state index in [1.807, 2.05) is 6.08 Å². The molecule has 0 radical (unpaired) electrons. The van der Waals surface area contributed by atoms with Gasteiger partial charge in [0.05, 0.1) is 7.11 Å². The molecule has 1 unspecified atom stereocenters. The van der Waals surface area contributed by atoms with Crippen LogP contribution in [0.3, 0.4) is 0 Å². The fraction of sp³-hybridized carbons (Fsp3) is 0.667. The van der Waals surface area contributed by atoms with Gasteiger partial charge in [0.2, 0.25) is 6.29 Å². The molecule has 0 aliphatic carbocycles. The standard InChI is InChI=1S/C6H10O3/c1-7-5-3-4-6(8-2)9-5/h3,6H,4H2,1-2H3. The maximum atomic E-state index is 5.08. The Balaban J connectivity index is 2.31. The van der Waals surface area contributed by atoms with Crippen LogP contribution in [-0.4, -0.2) is 20.5 Å². The van der Waals surface area contributed by atoms with E-state index in [1.54, 1.807) is 14.2 Å². The summed E-state index contributed by atoms with van der Waals surface area (Å²) in [4.78, 5) is 0. The first kappa shape index (κ1) is 6.42. The van der Waals surface area contributed by atoms with Crippen LogP contribution < -0.4 is 0 Å². The Labute approximate surface area is 54.2 Å². The van der Waals surface area contributed by atoms with E-state index >= 15 is 0 Å². The van der Waals surface area contributed by atoms with Crippen LogP contribution in [0, 0.1) is 0 Å². The highest BCUT2D eigenvalue weighted by atomic mass is 16.8. The lowest BCUT2D eigenvalue weighted by Gasteiger charge is -2.08. The minimum absolute atomic E-state index is 0.139. The lowest BCUT2D eigenvalue weighted by atomic mass is 10.4. The van der Waals surface area contributed by atoms with Gasteiger partial charge in [-0.3, -0.25) is 0 Å². The van der Waals surface area contributed by atoms with Crippen LogP contribution in [0.25, 0.3) is 0 Å². The van der Waals surface area contributed by atoms with Crippen molar-refractivity contribution in [3.63, 3.8) is 0 Å². The molecule has 1 aliphatic rings. The highest BCUT2D eigenvalue weighted by molar-refractivity contribution is 4.91. The molecule has 1 atom stereocenters. The molecule has 0 aromatic carbocycles. The Morgan fingerprint density at radius 1 is 1.67 bits per heavy atom. The van der Waals surface area contributed by atoms with Crippen LogP contribution in [-0.2, 0) is 14.2 Å². The third-order valence-electron chi connectivity index (χ3n) is 1.19. The molecule has 0 amide bonds. The SMILES string of the molecule is COC1=CCC(OC)O1. The average molecular weight is 130 g/mol. The van der Waals surface area contributed by atoms with Crippen LogP contribution in [0.4, 0.5) is 0 Å². The van der Waals surface area contributed by atoms with E-state index in [2.05, 4.69) is 0 Å². The molecule has 3 nitrogen and oxygen atoms in total. The van der Waals surface area contributed by atoms with E-state index in [9.17, 15) is 0 Å². The Morgan fingerprint density at radius 2 is 2.44 bits per heavy atom. The fourth-order valence-electron chi connectivity index (χ4n) is 0.694. The molecule has 0 saturated carbocycles. The zero-order chi connectivity index (χ0) is 6.69. The number of hydrogen-bond acceptors (Lipinski definition) is 3. The van der Waals surface area contributed by atoms with Crippen LogP contribution in [0.1, 0.15) is 6.42 Å². The predicted octanol–water partition coefficient (Wildman–Crippen LogP) is 0.867. The number of ether oxygens (including phenoxy) is 3. The maximum Gasteiger partial charge on any atom is 0.277 e. The smallest absolute Gasteiger partial charge is 0.277 e. The van der Waals surface area contributed by atoms with E-state index in [0.717, 1.165) is 6.42 Å². The molecule has 1 rings (SSSR count). The zero-order valence-electron chi connectivity index (χ0n) is 5.59. The topological polar surface area (TPSA) is 27.7 Å². The molecular weight excluding hydrogens is 120 g/mol. The molecule has 1 aliphatic heterocycles. The van der Waals surface area contributed by atoms with Crippen molar-refractivity contribution >= 4 is 0 Å². The molecule has 52 valence electrons. The molecule has 0 aromatic heterocycles. The minimum atomic E-state index is -0.139. The second kappa shape index (κ2) is 2.73. The highest BCUT2D eigenvalue weighted by Gasteiger charge is 2.16. The molecule has 0 aromatic rings. The third-order valence-corrected chi connectivity index (χ3v) is 1.19. The number of methoxy groups -OCH3 is 2. The average Bonchev–Trinajstić information content (AvgIpc) is 2.34. The Bertz CT molecular complexity index is 119. The summed E-state index contributed by atoms with van der Waals surface area (Å²) in [6.45, 7) is 0. The summed E-state index contributed by atoms with van der Waals surface area (Å²) in [5.74, 6) is 0.557. The van der Waals surface area contributed by atoms with E-state index in [1.165, 1.54) is 0 Å². The van der Waals surface area contributed by atoms with Gasteiger partial charge >= 0.3 is 0 Å². The summed E-state index contributed by atoms with van der Waals surface area (Å²) >= 11 is 0. The van der Waals surface area contributed by atoms with Gasteiger partial charge < -0.3 is 14.2 Å². The van der Waals surface area contributed by atoms with Crippen molar-refractivity contribution in [1.29, 1.82) is 0 Å². The second-order valence-corrected chi connectivity index (χ2v) is 1.75. The molecule has 0 spiro atoms. The van der Waals surface area contributed by atoms with Crippen molar-refractivity contribution in [2.24, 2.45) is 0 Å². The minimum Gasteiger partial charge on any atom is -0.469 e. The monoisotopic (exact) mass is 130 g/mol. The predicted molar refractivity (Wildman–Crippen MR) is 31.6 cm³/mol. The van der Waals surface area contributed by atoms with Gasteiger partial charge in [0.1, 0.15) is 0 Å². The fourth-order valence-corrected chi connectivity index (χ4v) is 0.694. The van der Waals surface area contributed by atoms with Gasteiger partial charge in [0.15, 0.2) is 0 Å². The summed E-state index contributed by atoms with van der Waals surface area (Å²) in [5.41, 5.74) is 0. The van der Waals surface area contributed by atoms with Crippen LogP contribution in [0.2, 0.25) is 0 Å². The van der Waals surface area contributed by atoms with Crippen molar-refractivity contribution in [1.82, 2.24) is 0 Å². The molecule has 0 saturated heterocycles. The first-order chi connectivity index (χ1) is 4.36. The quantitative estimate of drug-likeness (QED) is 0.555. The molecule has 0 fully saturated rings. The molecular formula is C6H10O3. The van der Waals surface area contributed by atoms with E-state index in [4.69, 9.17) is 14.2 Å². The van der Waals surface area contributed by atoms with E-state index in [0.29, 0.717) is 5.95 Å². The summed E-state index contributed by atoms with van der Waals surface area (Å²) in [7, 11) is 3.18. The zero-order valence-corrected chi connectivity index (χ0v) is 5.59. The summed E-state index contributed by atoms with van der Waals surface area (Å²) < 4.78 is 14.8. The lowest BCUT2D eigenvalue weighted by molar-refractivity contribution is -0.108. The third kappa shape index (κ3) is 1.36. The van der Waals surface area contributed by atoms with Gasteiger partial charge in [-0.15, -0.1) is 0 Å². The van der Waals surface area contributed by atoms with Crippen molar-refractivity contribution in [3.05, 3.63) is 12.0 Å². The molecule has 0 bridgehead atoms. The second-order valence-electron chi connectivity index (χ2n) is 1.75. The Morgan fingerprint density at radius 3 is 2.78 bits per heavy atom. The molecule has 0 N–H and O–H groups in total. The normalized spacial score (nSPS) is 25.1.